The van der Waals surface area contributed by atoms with E-state index in [9.17, 15) is 9.00 Å². The second-order valence-electron chi connectivity index (χ2n) is 4.40. The minimum Gasteiger partial charge on any atom is -0.475 e. The van der Waals surface area contributed by atoms with E-state index < -0.39 is 16.8 Å². The van der Waals surface area contributed by atoms with Gasteiger partial charge in [-0.1, -0.05) is 13.0 Å². The van der Waals surface area contributed by atoms with E-state index in [1.165, 1.54) is 6.07 Å². The lowest BCUT2D eigenvalue weighted by atomic mass is 10.1. The van der Waals surface area contributed by atoms with E-state index in [1.54, 1.807) is 6.07 Å². The molecule has 1 heterocycles. The minimum absolute atomic E-state index is 0.0524. The number of carboxylic acids is 1. The van der Waals surface area contributed by atoms with E-state index in [0.29, 0.717) is 30.2 Å². The summed E-state index contributed by atoms with van der Waals surface area (Å²) in [6, 6.07) is 7.08. The van der Waals surface area contributed by atoms with Crippen molar-refractivity contribution in [3.05, 3.63) is 35.6 Å². The summed E-state index contributed by atoms with van der Waals surface area (Å²) in [5, 5.41) is 12.9. The van der Waals surface area contributed by atoms with Gasteiger partial charge in [-0.05, 0) is 23.8 Å². The van der Waals surface area contributed by atoms with Crippen molar-refractivity contribution in [3.8, 4) is 0 Å². The fraction of sp³-hybridized carbons (Fsp3) is 0.357. The number of aromatic carboxylic acids is 1. The minimum atomic E-state index is -1.07. The molecule has 0 fully saturated rings. The molecule has 0 aliphatic rings. The number of furan rings is 1. The predicted octanol–water partition coefficient (Wildman–Crippen LogP) is 1.99. The maximum absolute atomic E-state index is 11.3. The van der Waals surface area contributed by atoms with Crippen LogP contribution in [0.3, 0.4) is 0 Å². The van der Waals surface area contributed by atoms with Crippen molar-refractivity contribution < 1.29 is 18.5 Å². The molecule has 0 amide bonds. The van der Waals surface area contributed by atoms with Gasteiger partial charge < -0.3 is 14.8 Å². The van der Waals surface area contributed by atoms with Crippen LogP contribution in [0.1, 0.15) is 23.0 Å². The van der Waals surface area contributed by atoms with Crippen LogP contribution in [-0.2, 0) is 17.3 Å². The van der Waals surface area contributed by atoms with Crippen LogP contribution in [0.15, 0.2) is 28.7 Å². The number of benzene rings is 1. The highest BCUT2D eigenvalue weighted by Crippen LogP contribution is 2.20. The first-order valence-corrected chi connectivity index (χ1v) is 7.90. The Morgan fingerprint density at radius 3 is 2.90 bits per heavy atom. The van der Waals surface area contributed by atoms with Gasteiger partial charge in [0.25, 0.3) is 0 Å². The molecule has 5 nitrogen and oxygen atoms in total. The van der Waals surface area contributed by atoms with Crippen molar-refractivity contribution in [2.75, 3.05) is 18.1 Å². The van der Waals surface area contributed by atoms with Gasteiger partial charge in [0.1, 0.15) is 5.58 Å². The number of carboxylic acid groups (broad SMARTS) is 1. The van der Waals surface area contributed by atoms with Crippen molar-refractivity contribution in [3.63, 3.8) is 0 Å². The van der Waals surface area contributed by atoms with Crippen LogP contribution < -0.4 is 5.32 Å². The second-order valence-corrected chi connectivity index (χ2v) is 6.26. The summed E-state index contributed by atoms with van der Waals surface area (Å²) in [6.45, 7) is 3.26. The summed E-state index contributed by atoms with van der Waals surface area (Å²) >= 11 is 0. The molecule has 108 valence electrons. The van der Waals surface area contributed by atoms with Crippen LogP contribution in [0.4, 0.5) is 0 Å². The summed E-state index contributed by atoms with van der Waals surface area (Å²) in [7, 11) is -0.752. The van der Waals surface area contributed by atoms with Crippen molar-refractivity contribution in [2.24, 2.45) is 0 Å². The quantitative estimate of drug-likeness (QED) is 0.764. The molecule has 0 spiro atoms. The monoisotopic (exact) mass is 295 g/mol. The molecule has 1 atom stereocenters. The smallest absolute Gasteiger partial charge is 0.371 e. The van der Waals surface area contributed by atoms with E-state index in [0.717, 1.165) is 10.9 Å². The third-order valence-electron chi connectivity index (χ3n) is 2.95. The Balaban J connectivity index is 1.97. The van der Waals surface area contributed by atoms with Crippen molar-refractivity contribution in [2.45, 2.75) is 13.5 Å². The molecule has 0 saturated heterocycles. The number of carbonyl (C=O) groups is 1. The molecule has 2 N–H and O–H groups in total. The van der Waals surface area contributed by atoms with Crippen molar-refractivity contribution in [1.29, 1.82) is 0 Å². The number of hydrogen-bond acceptors (Lipinski definition) is 4. The van der Waals surface area contributed by atoms with Gasteiger partial charge in [0.2, 0.25) is 5.76 Å². The van der Waals surface area contributed by atoms with E-state index in [2.05, 4.69) is 5.32 Å². The summed E-state index contributed by atoms with van der Waals surface area (Å²) in [5.74, 6) is 0.209. The predicted molar refractivity (Wildman–Crippen MR) is 78.4 cm³/mol. The van der Waals surface area contributed by atoms with E-state index in [1.807, 2.05) is 19.1 Å². The maximum Gasteiger partial charge on any atom is 0.371 e. The first kappa shape index (κ1) is 14.7. The van der Waals surface area contributed by atoms with Crippen LogP contribution in [-0.4, -0.2) is 33.3 Å². The lowest BCUT2D eigenvalue weighted by Gasteiger charge is -2.04. The second kappa shape index (κ2) is 6.67. The van der Waals surface area contributed by atoms with Crippen LogP contribution in [0.2, 0.25) is 0 Å². The molecule has 0 aliphatic carbocycles. The van der Waals surface area contributed by atoms with Gasteiger partial charge in [-0.25, -0.2) is 4.79 Å². The lowest BCUT2D eigenvalue weighted by Crippen LogP contribution is -2.20. The maximum atomic E-state index is 11.3. The van der Waals surface area contributed by atoms with Crippen LogP contribution >= 0.6 is 0 Å². The highest BCUT2D eigenvalue weighted by Gasteiger charge is 2.10. The molecule has 1 aromatic heterocycles. The molecule has 6 heteroatoms. The normalized spacial score (nSPS) is 12.7. The lowest BCUT2D eigenvalue weighted by molar-refractivity contribution is 0.0665. The van der Waals surface area contributed by atoms with Gasteiger partial charge in [0.15, 0.2) is 0 Å². The van der Waals surface area contributed by atoms with Crippen molar-refractivity contribution >= 4 is 27.7 Å². The van der Waals surface area contributed by atoms with Gasteiger partial charge in [-0.15, -0.1) is 0 Å². The molecule has 2 aromatic rings. The van der Waals surface area contributed by atoms with E-state index in [4.69, 9.17) is 9.52 Å². The average molecular weight is 295 g/mol. The highest BCUT2D eigenvalue weighted by molar-refractivity contribution is 7.84. The summed E-state index contributed by atoms with van der Waals surface area (Å²) in [4.78, 5) is 10.8. The van der Waals surface area contributed by atoms with Gasteiger partial charge >= 0.3 is 5.97 Å². The molecule has 0 saturated carbocycles. The molecule has 0 radical (unpaired) electrons. The molecular weight excluding hydrogens is 278 g/mol. The third kappa shape index (κ3) is 3.68. The Bertz CT molecular complexity index is 635. The highest BCUT2D eigenvalue weighted by atomic mass is 32.2. The zero-order chi connectivity index (χ0) is 14.5. The standard InChI is InChI=1S/C14H17NO4S/c1-2-20(18)6-5-15-9-10-3-4-12-11(7-10)8-13(19-12)14(16)17/h3-4,7-8,15H,2,5-6,9H2,1H3,(H,16,17). The molecule has 1 unspecified atom stereocenters. The SMILES string of the molecule is CCS(=O)CCNCc1ccc2oc(C(=O)O)cc2c1. The van der Waals surface area contributed by atoms with Gasteiger partial charge in [0, 0.05) is 40.8 Å². The summed E-state index contributed by atoms with van der Waals surface area (Å²) in [6.07, 6.45) is 0. The van der Waals surface area contributed by atoms with E-state index in [-0.39, 0.29) is 5.76 Å². The topological polar surface area (TPSA) is 79.5 Å². The Morgan fingerprint density at radius 2 is 2.20 bits per heavy atom. The Kier molecular flexibility index (Phi) is 4.92. The largest absolute Gasteiger partial charge is 0.475 e. The third-order valence-corrected chi connectivity index (χ3v) is 4.25. The Labute approximate surface area is 119 Å². The van der Waals surface area contributed by atoms with Gasteiger partial charge in [-0.3, -0.25) is 4.21 Å². The molecule has 20 heavy (non-hydrogen) atoms. The van der Waals surface area contributed by atoms with Crippen LogP contribution in [0, 0.1) is 0 Å². The molecule has 2 rings (SSSR count). The van der Waals surface area contributed by atoms with Gasteiger partial charge in [-0.2, -0.15) is 0 Å². The first-order chi connectivity index (χ1) is 9.60. The first-order valence-electron chi connectivity index (χ1n) is 6.41. The molecular formula is C14H17NO4S. The Hall–Kier alpha value is -1.66. The number of rotatable bonds is 7. The number of nitrogens with one attached hydrogen (secondary N) is 1. The fourth-order valence-electron chi connectivity index (χ4n) is 1.87. The zero-order valence-electron chi connectivity index (χ0n) is 11.2. The average Bonchev–Trinajstić information content (AvgIpc) is 2.86. The van der Waals surface area contributed by atoms with Crippen molar-refractivity contribution in [1.82, 2.24) is 5.32 Å². The number of hydrogen-bond donors (Lipinski definition) is 2. The fourth-order valence-corrected chi connectivity index (χ4v) is 2.53. The zero-order valence-corrected chi connectivity index (χ0v) is 12.0. The van der Waals surface area contributed by atoms with Crippen LogP contribution in [0.5, 0.6) is 0 Å². The van der Waals surface area contributed by atoms with E-state index >= 15 is 0 Å². The number of fused-ring (bicyclic) bond motifs is 1. The molecule has 0 aliphatic heterocycles. The summed E-state index contributed by atoms with van der Waals surface area (Å²) < 4.78 is 16.5. The summed E-state index contributed by atoms with van der Waals surface area (Å²) in [5.41, 5.74) is 1.61. The Morgan fingerprint density at radius 1 is 1.40 bits per heavy atom. The molecule has 0 bridgehead atoms. The molecule has 1 aromatic carbocycles. The van der Waals surface area contributed by atoms with Gasteiger partial charge in [0.05, 0.1) is 0 Å². The van der Waals surface area contributed by atoms with Crippen LogP contribution in [0.25, 0.3) is 11.0 Å².